The fourth-order valence-corrected chi connectivity index (χ4v) is 5.76. The maximum atomic E-state index is 12.9. The topological polar surface area (TPSA) is 97.0 Å². The summed E-state index contributed by atoms with van der Waals surface area (Å²) in [5, 5.41) is 2.00. The molecular weight excluding hydrogens is 570 g/mol. The summed E-state index contributed by atoms with van der Waals surface area (Å²) in [7, 11) is -2.73. The summed E-state index contributed by atoms with van der Waals surface area (Å²) in [4.78, 5) is 12.6. The average Bonchev–Trinajstić information content (AvgIpc) is 3.41. The highest BCUT2D eigenvalue weighted by atomic mass is 79.9. The number of amides is 1. The van der Waals surface area contributed by atoms with E-state index in [0.717, 1.165) is 24.1 Å². The van der Waals surface area contributed by atoms with Crippen LogP contribution in [-0.4, -0.2) is 39.6 Å². The molecule has 0 spiro atoms. The zero-order valence-electron chi connectivity index (χ0n) is 21.0. The number of carbonyl (C=O) groups is 1. The molecule has 1 amide bonds. The Hall–Kier alpha value is -3.34. The lowest BCUT2D eigenvalue weighted by atomic mass is 10.1. The van der Waals surface area contributed by atoms with Gasteiger partial charge in [0.15, 0.2) is 0 Å². The largest absolute Gasteiger partial charge is 0.495 e. The van der Waals surface area contributed by atoms with Crippen LogP contribution in [0.3, 0.4) is 0 Å². The van der Waals surface area contributed by atoms with E-state index in [2.05, 4.69) is 38.2 Å². The smallest absolute Gasteiger partial charge is 0.267 e. The molecule has 0 bridgehead atoms. The summed E-state index contributed by atoms with van der Waals surface area (Å²) in [6, 6.07) is 20.6. The quantitative estimate of drug-likeness (QED) is 0.319. The first-order chi connectivity index (χ1) is 18.3. The molecule has 3 aromatic rings. The first-order valence-electron chi connectivity index (χ1n) is 12.2. The highest BCUT2D eigenvalue weighted by molar-refractivity contribution is 9.10. The van der Waals surface area contributed by atoms with E-state index in [9.17, 15) is 13.2 Å². The molecule has 4 rings (SSSR count). The van der Waals surface area contributed by atoms with Gasteiger partial charge in [-0.05, 0) is 47.4 Å². The molecular formula is C28H30BrN3O5S. The number of ether oxygens (including phenoxy) is 2. The summed E-state index contributed by atoms with van der Waals surface area (Å²) in [5.74, 6) is 0.226. The number of hydrazine groups is 1. The van der Waals surface area contributed by atoms with E-state index in [-0.39, 0.29) is 17.1 Å². The van der Waals surface area contributed by atoms with Crippen LogP contribution in [0.1, 0.15) is 23.1 Å². The fourth-order valence-electron chi connectivity index (χ4n) is 4.03. The van der Waals surface area contributed by atoms with Crippen LogP contribution in [0.25, 0.3) is 0 Å². The van der Waals surface area contributed by atoms with Gasteiger partial charge >= 0.3 is 0 Å². The first-order valence-corrected chi connectivity index (χ1v) is 14.5. The number of carbonyl (C=O) groups excluding carboxylic acids is 1. The van der Waals surface area contributed by atoms with Crippen molar-refractivity contribution in [3.63, 3.8) is 0 Å². The Kier molecular flexibility index (Phi) is 9.43. The molecule has 10 heteroatoms. The zero-order chi connectivity index (χ0) is 27.0. The number of nitrogens with zero attached hydrogens (tertiary/aromatic N) is 1. The monoisotopic (exact) mass is 599 g/mol. The number of aryl methyl sites for hydroxylation is 1. The van der Waals surface area contributed by atoms with Gasteiger partial charge in [0.25, 0.3) is 10.0 Å². The number of hydrogen-bond donors (Lipinski definition) is 2. The number of nitrogens with one attached hydrogen (secondary N) is 2. The van der Waals surface area contributed by atoms with E-state index in [1.165, 1.54) is 24.8 Å². The Morgan fingerprint density at radius 1 is 1.03 bits per heavy atom. The third-order valence-corrected chi connectivity index (χ3v) is 7.85. The van der Waals surface area contributed by atoms with Gasteiger partial charge in [0.2, 0.25) is 5.91 Å². The van der Waals surface area contributed by atoms with Crippen molar-refractivity contribution in [2.24, 2.45) is 0 Å². The highest BCUT2D eigenvalue weighted by Crippen LogP contribution is 2.28. The van der Waals surface area contributed by atoms with Gasteiger partial charge in [-0.3, -0.25) is 4.79 Å². The molecule has 0 fully saturated rings. The molecule has 0 saturated carbocycles. The lowest BCUT2D eigenvalue weighted by Gasteiger charge is -2.18. The molecule has 0 aromatic heterocycles. The second kappa shape index (κ2) is 12.9. The zero-order valence-corrected chi connectivity index (χ0v) is 23.4. The van der Waals surface area contributed by atoms with Crippen LogP contribution >= 0.6 is 15.9 Å². The standard InChI is InChI=1S/C28H30BrN3O5S/c1-36-25-12-11-24(29)19-27(25)38(34,35)31-28(33)13-10-23-9-8-22(20-32-16-5-15-30-32)18-26(23)37-17-14-21-6-3-2-4-7-21/h2-9,11-12,16,18-19,30H,10,13-15,17,20H2,1H3,(H,31,33). The molecule has 2 N–H and O–H groups in total. The number of methoxy groups -OCH3 is 1. The maximum Gasteiger partial charge on any atom is 0.267 e. The third kappa shape index (κ3) is 7.59. The van der Waals surface area contributed by atoms with Crippen LogP contribution in [-0.2, 0) is 34.2 Å². The molecule has 1 heterocycles. The van der Waals surface area contributed by atoms with Gasteiger partial charge in [-0.2, -0.15) is 0 Å². The number of sulfonamides is 1. The molecule has 3 aromatic carbocycles. The molecule has 0 radical (unpaired) electrons. The Balaban J connectivity index is 1.44. The average molecular weight is 601 g/mol. The molecule has 0 saturated heterocycles. The molecule has 0 atom stereocenters. The molecule has 200 valence electrons. The van der Waals surface area contributed by atoms with E-state index < -0.39 is 15.9 Å². The van der Waals surface area contributed by atoms with E-state index in [1.54, 1.807) is 6.07 Å². The minimum atomic E-state index is -4.11. The highest BCUT2D eigenvalue weighted by Gasteiger charge is 2.23. The van der Waals surface area contributed by atoms with Crippen LogP contribution in [0, 0.1) is 0 Å². The van der Waals surface area contributed by atoms with Gasteiger partial charge in [0.05, 0.1) is 20.3 Å². The van der Waals surface area contributed by atoms with Crippen molar-refractivity contribution in [1.29, 1.82) is 0 Å². The van der Waals surface area contributed by atoms with Crippen molar-refractivity contribution >= 4 is 31.9 Å². The van der Waals surface area contributed by atoms with Crippen molar-refractivity contribution < 1.29 is 22.7 Å². The maximum absolute atomic E-state index is 12.9. The van der Waals surface area contributed by atoms with E-state index in [1.807, 2.05) is 53.7 Å². The minimum absolute atomic E-state index is 0.0274. The van der Waals surface area contributed by atoms with Gasteiger partial charge in [-0.15, -0.1) is 0 Å². The molecule has 1 aliphatic heterocycles. The Labute approximate surface area is 231 Å². The van der Waals surface area contributed by atoms with Crippen LogP contribution in [0.4, 0.5) is 0 Å². The minimum Gasteiger partial charge on any atom is -0.495 e. The summed E-state index contributed by atoms with van der Waals surface area (Å²) in [6.07, 6.45) is 5.07. The van der Waals surface area contributed by atoms with Crippen molar-refractivity contribution in [1.82, 2.24) is 15.2 Å². The Morgan fingerprint density at radius 2 is 1.84 bits per heavy atom. The number of hydrogen-bond acceptors (Lipinski definition) is 7. The SMILES string of the molecule is COc1ccc(Br)cc1S(=O)(=O)NC(=O)CCc1ccc(CN2C=CCN2)cc1OCCc1ccccc1. The van der Waals surface area contributed by atoms with E-state index in [0.29, 0.717) is 29.8 Å². The number of halogens is 1. The summed E-state index contributed by atoms with van der Waals surface area (Å²) in [6.45, 7) is 1.94. The Morgan fingerprint density at radius 3 is 2.58 bits per heavy atom. The number of rotatable bonds is 12. The molecule has 8 nitrogen and oxygen atoms in total. The third-order valence-electron chi connectivity index (χ3n) is 5.96. The van der Waals surface area contributed by atoms with Crippen molar-refractivity contribution in [3.05, 3.63) is 100 Å². The predicted octanol–water partition coefficient (Wildman–Crippen LogP) is 4.35. The predicted molar refractivity (Wildman–Crippen MR) is 149 cm³/mol. The van der Waals surface area contributed by atoms with Gasteiger partial charge in [0.1, 0.15) is 16.4 Å². The summed E-state index contributed by atoms with van der Waals surface area (Å²) >= 11 is 3.26. The molecule has 1 aliphatic rings. The lowest BCUT2D eigenvalue weighted by Crippen LogP contribution is -2.31. The van der Waals surface area contributed by atoms with Crippen LogP contribution in [0.5, 0.6) is 11.5 Å². The van der Waals surface area contributed by atoms with Crippen LogP contribution < -0.4 is 19.6 Å². The van der Waals surface area contributed by atoms with E-state index >= 15 is 0 Å². The van der Waals surface area contributed by atoms with Gasteiger partial charge in [0, 0.05) is 30.1 Å². The second-order valence-corrected chi connectivity index (χ2v) is 11.3. The molecule has 38 heavy (non-hydrogen) atoms. The lowest BCUT2D eigenvalue weighted by molar-refractivity contribution is -0.119. The van der Waals surface area contributed by atoms with Crippen LogP contribution in [0.15, 0.2) is 88.4 Å². The van der Waals surface area contributed by atoms with Gasteiger partial charge < -0.3 is 14.5 Å². The van der Waals surface area contributed by atoms with E-state index in [4.69, 9.17) is 9.47 Å². The first kappa shape index (κ1) is 27.7. The summed E-state index contributed by atoms with van der Waals surface area (Å²) < 4.78 is 39.8. The van der Waals surface area contributed by atoms with Crippen molar-refractivity contribution in [3.8, 4) is 11.5 Å². The molecule has 0 unspecified atom stereocenters. The fraction of sp³-hybridized carbons (Fsp3) is 0.250. The van der Waals surface area contributed by atoms with Crippen LogP contribution in [0.2, 0.25) is 0 Å². The Bertz CT molecular complexity index is 1400. The van der Waals surface area contributed by atoms with Crippen molar-refractivity contribution in [2.45, 2.75) is 30.7 Å². The van der Waals surface area contributed by atoms with Gasteiger partial charge in [-0.1, -0.05) is 64.5 Å². The normalized spacial score (nSPS) is 12.9. The molecule has 0 aliphatic carbocycles. The second-order valence-electron chi connectivity index (χ2n) is 8.72. The number of benzene rings is 3. The summed E-state index contributed by atoms with van der Waals surface area (Å²) in [5.41, 5.74) is 6.31. The van der Waals surface area contributed by atoms with Gasteiger partial charge in [-0.25, -0.2) is 18.6 Å². The van der Waals surface area contributed by atoms with Crippen molar-refractivity contribution in [2.75, 3.05) is 20.3 Å².